The van der Waals surface area contributed by atoms with Crippen LogP contribution in [0.4, 0.5) is 5.13 Å². The minimum atomic E-state index is -0.617. The maximum absolute atomic E-state index is 12.6. The Kier molecular flexibility index (Phi) is 5.73. The number of aryl methyl sites for hydroxylation is 1. The van der Waals surface area contributed by atoms with Crippen molar-refractivity contribution in [1.82, 2.24) is 4.98 Å². The van der Waals surface area contributed by atoms with E-state index in [1.54, 1.807) is 36.4 Å². The summed E-state index contributed by atoms with van der Waals surface area (Å²) in [4.78, 5) is 29.0. The topological polar surface area (TPSA) is 94.3 Å². The van der Waals surface area contributed by atoms with Crippen LogP contribution in [0.3, 0.4) is 0 Å². The van der Waals surface area contributed by atoms with Crippen LogP contribution in [0.25, 0.3) is 11.3 Å². The number of nitrogens with two attached hydrogens (primary N) is 1. The molecule has 3 aromatic rings. The summed E-state index contributed by atoms with van der Waals surface area (Å²) in [6.45, 7) is 1.63. The molecule has 0 spiro atoms. The van der Waals surface area contributed by atoms with Gasteiger partial charge < -0.3 is 10.5 Å². The number of nitrogens with one attached hydrogen (secondary N) is 1. The summed E-state index contributed by atoms with van der Waals surface area (Å²) in [6.07, 6.45) is 0. The van der Waals surface area contributed by atoms with E-state index in [-0.39, 0.29) is 18.3 Å². The van der Waals surface area contributed by atoms with Crippen LogP contribution >= 0.6 is 22.9 Å². The highest BCUT2D eigenvalue weighted by Crippen LogP contribution is 2.31. The Labute approximate surface area is 164 Å². The Bertz CT molecular complexity index is 986. The molecule has 0 atom stereocenters. The molecule has 2 amide bonds. The second-order valence-electron chi connectivity index (χ2n) is 5.64. The summed E-state index contributed by atoms with van der Waals surface area (Å²) in [5.74, 6) is -0.722. The molecule has 2 aromatic carbocycles. The Hall–Kier alpha value is -2.90. The summed E-state index contributed by atoms with van der Waals surface area (Å²) in [5.41, 5.74) is 7.08. The van der Waals surface area contributed by atoms with E-state index >= 15 is 0 Å². The van der Waals surface area contributed by atoms with Crippen molar-refractivity contribution < 1.29 is 14.3 Å². The van der Waals surface area contributed by atoms with Crippen molar-refractivity contribution in [1.29, 1.82) is 0 Å². The van der Waals surface area contributed by atoms with Crippen molar-refractivity contribution in [3.05, 3.63) is 64.0 Å². The molecule has 0 saturated heterocycles. The van der Waals surface area contributed by atoms with E-state index in [1.165, 1.54) is 11.3 Å². The zero-order chi connectivity index (χ0) is 19.4. The van der Waals surface area contributed by atoms with Gasteiger partial charge in [0, 0.05) is 15.5 Å². The lowest BCUT2D eigenvalue weighted by atomic mass is 10.1. The van der Waals surface area contributed by atoms with E-state index in [2.05, 4.69) is 10.3 Å². The molecule has 0 unspecified atom stereocenters. The monoisotopic (exact) mass is 401 g/mol. The van der Waals surface area contributed by atoms with Crippen LogP contribution in [-0.4, -0.2) is 23.4 Å². The lowest BCUT2D eigenvalue weighted by Crippen LogP contribution is -2.21. The maximum Gasteiger partial charge on any atom is 0.261 e. The average Bonchev–Trinajstić information content (AvgIpc) is 3.01. The molecule has 1 aromatic heterocycles. The van der Waals surface area contributed by atoms with Crippen LogP contribution in [-0.2, 0) is 4.79 Å². The summed E-state index contributed by atoms with van der Waals surface area (Å²) in [7, 11) is 0. The Balaban J connectivity index is 1.80. The number of hydrogen-bond acceptors (Lipinski definition) is 5. The third kappa shape index (κ3) is 4.64. The lowest BCUT2D eigenvalue weighted by Gasteiger charge is -2.09. The van der Waals surface area contributed by atoms with E-state index in [0.29, 0.717) is 15.7 Å². The average molecular weight is 402 g/mol. The van der Waals surface area contributed by atoms with Crippen LogP contribution in [0, 0.1) is 6.92 Å². The molecule has 0 saturated carbocycles. The number of hydrogen-bond donors (Lipinski definition) is 2. The number of aromatic nitrogens is 1. The van der Waals surface area contributed by atoms with E-state index < -0.39 is 5.91 Å². The first kappa shape index (κ1) is 18.9. The Morgan fingerprint density at radius 3 is 2.59 bits per heavy atom. The molecule has 8 heteroatoms. The normalized spacial score (nSPS) is 10.4. The molecule has 0 aliphatic heterocycles. The van der Waals surface area contributed by atoms with E-state index in [0.717, 1.165) is 16.1 Å². The highest BCUT2D eigenvalue weighted by Gasteiger charge is 2.16. The number of benzene rings is 2. The molecule has 1 heterocycles. The number of carbonyl (C=O) groups excluding carboxylic acids is 2. The predicted molar refractivity (Wildman–Crippen MR) is 106 cm³/mol. The first-order valence-corrected chi connectivity index (χ1v) is 9.18. The van der Waals surface area contributed by atoms with Crippen molar-refractivity contribution in [3.63, 3.8) is 0 Å². The van der Waals surface area contributed by atoms with Crippen molar-refractivity contribution in [3.8, 4) is 17.0 Å². The molecule has 3 rings (SSSR count). The Morgan fingerprint density at radius 2 is 1.89 bits per heavy atom. The summed E-state index contributed by atoms with van der Waals surface area (Å²) in [5, 5.41) is 3.89. The van der Waals surface area contributed by atoms with Gasteiger partial charge in [0.2, 0.25) is 0 Å². The number of halogens is 1. The molecular formula is C19H16ClN3O3S. The number of ether oxygens (including phenoxy) is 1. The van der Waals surface area contributed by atoms with Gasteiger partial charge in [0.25, 0.3) is 11.8 Å². The maximum atomic E-state index is 12.6. The van der Waals surface area contributed by atoms with Crippen molar-refractivity contribution in [2.24, 2.45) is 5.73 Å². The number of thiazole rings is 1. The van der Waals surface area contributed by atoms with Crippen molar-refractivity contribution in [2.45, 2.75) is 6.92 Å². The predicted octanol–water partition coefficient (Wildman–Crippen LogP) is 3.89. The second-order valence-corrected chi connectivity index (χ2v) is 7.28. The highest BCUT2D eigenvalue weighted by atomic mass is 35.5. The van der Waals surface area contributed by atoms with Crippen LogP contribution in [0.15, 0.2) is 48.5 Å². The smallest absolute Gasteiger partial charge is 0.261 e. The van der Waals surface area contributed by atoms with Crippen LogP contribution in [0.2, 0.25) is 5.02 Å². The number of nitrogens with zero attached hydrogens (tertiary/aromatic N) is 1. The van der Waals surface area contributed by atoms with E-state index in [9.17, 15) is 9.59 Å². The number of carbonyl (C=O) groups is 2. The molecule has 0 fully saturated rings. The molecule has 0 radical (unpaired) electrons. The molecule has 27 heavy (non-hydrogen) atoms. The summed E-state index contributed by atoms with van der Waals surface area (Å²) < 4.78 is 5.30. The summed E-state index contributed by atoms with van der Waals surface area (Å²) >= 11 is 7.29. The molecule has 0 aliphatic rings. The molecule has 138 valence electrons. The molecular weight excluding hydrogens is 386 g/mol. The van der Waals surface area contributed by atoms with Crippen LogP contribution in [0.5, 0.6) is 5.75 Å². The summed E-state index contributed by atoms with van der Waals surface area (Å²) in [6, 6.07) is 14.0. The fourth-order valence-electron chi connectivity index (χ4n) is 2.42. The van der Waals surface area contributed by atoms with Crippen LogP contribution in [0.1, 0.15) is 15.2 Å². The third-order valence-electron chi connectivity index (χ3n) is 3.64. The zero-order valence-electron chi connectivity index (χ0n) is 14.4. The van der Waals surface area contributed by atoms with Gasteiger partial charge in [-0.1, -0.05) is 35.9 Å². The Morgan fingerprint density at radius 1 is 1.19 bits per heavy atom. The van der Waals surface area contributed by atoms with Gasteiger partial charge in [-0.05, 0) is 31.2 Å². The van der Waals surface area contributed by atoms with Gasteiger partial charge in [-0.3, -0.25) is 14.9 Å². The number of para-hydroxylation sites is 1. The third-order valence-corrected chi connectivity index (χ3v) is 4.77. The first-order valence-electron chi connectivity index (χ1n) is 7.99. The quantitative estimate of drug-likeness (QED) is 0.655. The van der Waals surface area contributed by atoms with Crippen molar-refractivity contribution in [2.75, 3.05) is 11.9 Å². The van der Waals surface area contributed by atoms with E-state index in [4.69, 9.17) is 22.1 Å². The standard InChI is InChI=1S/C19H16ClN3O3S/c1-11-17(12-6-8-13(20)9-7-12)22-19(27-11)23-18(25)14-4-2-3-5-15(14)26-10-16(21)24/h2-9H,10H2,1H3,(H2,21,24)(H,22,23,25). The molecule has 0 aliphatic carbocycles. The minimum absolute atomic E-state index is 0.278. The van der Waals surface area contributed by atoms with E-state index in [1.807, 2.05) is 19.1 Å². The van der Waals surface area contributed by atoms with Crippen molar-refractivity contribution >= 4 is 39.9 Å². The van der Waals surface area contributed by atoms with Crippen LogP contribution < -0.4 is 15.8 Å². The van der Waals surface area contributed by atoms with Gasteiger partial charge in [-0.2, -0.15) is 0 Å². The fraction of sp³-hybridized carbons (Fsp3) is 0.105. The molecule has 6 nitrogen and oxygen atoms in total. The number of primary amides is 1. The first-order chi connectivity index (χ1) is 12.9. The molecule has 0 bridgehead atoms. The number of rotatable bonds is 6. The lowest BCUT2D eigenvalue weighted by molar-refractivity contribution is -0.119. The van der Waals surface area contributed by atoms with Gasteiger partial charge >= 0.3 is 0 Å². The van der Waals surface area contributed by atoms with Gasteiger partial charge in [0.05, 0.1) is 11.3 Å². The minimum Gasteiger partial charge on any atom is -0.483 e. The zero-order valence-corrected chi connectivity index (χ0v) is 15.9. The SMILES string of the molecule is Cc1sc(NC(=O)c2ccccc2OCC(N)=O)nc1-c1ccc(Cl)cc1. The number of anilines is 1. The second kappa shape index (κ2) is 8.20. The van der Waals surface area contributed by atoms with Gasteiger partial charge in [-0.15, -0.1) is 11.3 Å². The van der Waals surface area contributed by atoms with Gasteiger partial charge in [0.1, 0.15) is 5.75 Å². The highest BCUT2D eigenvalue weighted by molar-refractivity contribution is 7.16. The largest absolute Gasteiger partial charge is 0.483 e. The number of amides is 2. The van der Waals surface area contributed by atoms with Gasteiger partial charge in [0.15, 0.2) is 11.7 Å². The molecule has 3 N–H and O–H groups in total. The fourth-order valence-corrected chi connectivity index (χ4v) is 3.38. The van der Waals surface area contributed by atoms with Gasteiger partial charge in [-0.25, -0.2) is 4.98 Å².